The van der Waals surface area contributed by atoms with Crippen molar-refractivity contribution in [1.82, 2.24) is 9.88 Å². The van der Waals surface area contributed by atoms with Crippen molar-refractivity contribution in [2.75, 3.05) is 12.0 Å². The zero-order chi connectivity index (χ0) is 15.6. The fraction of sp³-hybridized carbons (Fsp3) is 0.625. The van der Waals surface area contributed by atoms with E-state index in [1.807, 2.05) is 11.0 Å². The number of likely N-dealkylation sites (tertiary alicyclic amines) is 1. The van der Waals surface area contributed by atoms with E-state index in [-0.39, 0.29) is 11.8 Å². The van der Waals surface area contributed by atoms with Crippen molar-refractivity contribution in [3.63, 3.8) is 0 Å². The highest BCUT2D eigenvalue weighted by Gasteiger charge is 2.31. The maximum atomic E-state index is 12.8. The largest absolute Gasteiger partial charge is 0.335 e. The summed E-state index contributed by atoms with van der Waals surface area (Å²) in [6.45, 7) is 9.31. The molecule has 0 saturated carbocycles. The predicted octanol–water partition coefficient (Wildman–Crippen LogP) is 2.75. The molecule has 1 fully saturated rings. The molecule has 1 aliphatic rings. The Morgan fingerprint density at radius 3 is 2.67 bits per heavy atom. The number of pyridine rings is 1. The van der Waals surface area contributed by atoms with Gasteiger partial charge >= 0.3 is 0 Å². The molecule has 21 heavy (non-hydrogen) atoms. The number of hydrogen-bond acceptors (Lipinski definition) is 4. The fourth-order valence-corrected chi connectivity index (χ4v) is 2.95. The molecule has 1 unspecified atom stereocenters. The van der Waals surface area contributed by atoms with Gasteiger partial charge in [0.15, 0.2) is 0 Å². The van der Waals surface area contributed by atoms with Crippen LogP contribution in [0.5, 0.6) is 0 Å². The molecule has 0 aromatic carbocycles. The van der Waals surface area contributed by atoms with Crippen LogP contribution in [0.4, 0.5) is 5.82 Å². The van der Waals surface area contributed by atoms with Gasteiger partial charge in [0.2, 0.25) is 0 Å². The minimum absolute atomic E-state index is 0.0898. The molecule has 116 valence electrons. The number of hydrazine groups is 1. The molecule has 0 spiro atoms. The number of anilines is 1. The van der Waals surface area contributed by atoms with Gasteiger partial charge < -0.3 is 10.3 Å². The van der Waals surface area contributed by atoms with E-state index in [0.29, 0.717) is 23.3 Å². The molecule has 1 aromatic heterocycles. The second-order valence-corrected chi connectivity index (χ2v) is 6.42. The van der Waals surface area contributed by atoms with Crippen LogP contribution in [0, 0.1) is 5.92 Å². The molecular weight excluding hydrogens is 264 g/mol. The van der Waals surface area contributed by atoms with Gasteiger partial charge in [-0.25, -0.2) is 10.8 Å². The van der Waals surface area contributed by atoms with Crippen molar-refractivity contribution in [1.29, 1.82) is 0 Å². The van der Waals surface area contributed by atoms with E-state index in [0.717, 1.165) is 25.1 Å². The molecule has 3 N–H and O–H groups in total. The summed E-state index contributed by atoms with van der Waals surface area (Å²) >= 11 is 0. The minimum atomic E-state index is 0.0898. The molecule has 1 atom stereocenters. The Balaban J connectivity index is 2.32. The molecule has 1 aliphatic heterocycles. The standard InChI is InChI=1S/C16H26N4O/c1-10(2)13-8-12(9-15(18-13)19-17)16(21)20-7-5-6-14(20)11(3)4/h8-11,14H,5-7,17H2,1-4H3,(H,18,19). The highest BCUT2D eigenvalue weighted by Crippen LogP contribution is 2.27. The SMILES string of the molecule is CC(C)c1cc(C(=O)N2CCCC2C(C)C)cc(NN)n1. The Hall–Kier alpha value is -1.62. The summed E-state index contributed by atoms with van der Waals surface area (Å²) in [5, 5.41) is 0. The average molecular weight is 290 g/mol. The van der Waals surface area contributed by atoms with Crippen molar-refractivity contribution in [2.45, 2.75) is 52.5 Å². The second-order valence-electron chi connectivity index (χ2n) is 6.42. The fourth-order valence-electron chi connectivity index (χ4n) is 2.95. The van der Waals surface area contributed by atoms with Crippen LogP contribution in [-0.2, 0) is 0 Å². The maximum absolute atomic E-state index is 12.8. The molecular formula is C16H26N4O. The van der Waals surface area contributed by atoms with Crippen LogP contribution in [0.15, 0.2) is 12.1 Å². The van der Waals surface area contributed by atoms with Gasteiger partial charge in [0, 0.05) is 23.8 Å². The topological polar surface area (TPSA) is 71.2 Å². The number of nitrogens with one attached hydrogen (secondary N) is 1. The lowest BCUT2D eigenvalue weighted by Crippen LogP contribution is -2.38. The Kier molecular flexibility index (Phi) is 4.83. The van der Waals surface area contributed by atoms with E-state index >= 15 is 0 Å². The number of rotatable bonds is 4. The van der Waals surface area contributed by atoms with Crippen LogP contribution in [0.1, 0.15) is 62.5 Å². The van der Waals surface area contributed by atoms with Gasteiger partial charge in [0.05, 0.1) is 0 Å². The number of carbonyl (C=O) groups is 1. The molecule has 5 nitrogen and oxygen atoms in total. The molecule has 2 heterocycles. The van der Waals surface area contributed by atoms with Crippen molar-refractivity contribution in [2.24, 2.45) is 11.8 Å². The monoisotopic (exact) mass is 290 g/mol. The van der Waals surface area contributed by atoms with E-state index in [1.54, 1.807) is 6.07 Å². The van der Waals surface area contributed by atoms with Gasteiger partial charge in [-0.1, -0.05) is 27.7 Å². The Bertz CT molecular complexity index is 513. The van der Waals surface area contributed by atoms with E-state index in [2.05, 4.69) is 38.1 Å². The second kappa shape index (κ2) is 6.43. The number of aromatic nitrogens is 1. The first-order valence-corrected chi connectivity index (χ1v) is 7.73. The lowest BCUT2D eigenvalue weighted by molar-refractivity contribution is 0.0701. The van der Waals surface area contributed by atoms with Crippen LogP contribution in [0.25, 0.3) is 0 Å². The molecule has 1 amide bonds. The summed E-state index contributed by atoms with van der Waals surface area (Å²) in [4.78, 5) is 19.2. The van der Waals surface area contributed by atoms with Crippen LogP contribution in [0.3, 0.4) is 0 Å². The molecule has 1 aromatic rings. The van der Waals surface area contributed by atoms with Crippen molar-refractivity contribution in [3.8, 4) is 0 Å². The number of nitrogen functional groups attached to an aromatic ring is 1. The van der Waals surface area contributed by atoms with E-state index in [9.17, 15) is 4.79 Å². The number of carbonyl (C=O) groups excluding carboxylic acids is 1. The quantitative estimate of drug-likeness (QED) is 0.660. The first-order valence-electron chi connectivity index (χ1n) is 7.73. The molecule has 0 radical (unpaired) electrons. The molecule has 5 heteroatoms. The third kappa shape index (κ3) is 3.35. The van der Waals surface area contributed by atoms with E-state index < -0.39 is 0 Å². The summed E-state index contributed by atoms with van der Waals surface area (Å²) in [7, 11) is 0. The smallest absolute Gasteiger partial charge is 0.254 e. The Morgan fingerprint density at radius 1 is 1.38 bits per heavy atom. The molecule has 1 saturated heterocycles. The molecule has 0 aliphatic carbocycles. The van der Waals surface area contributed by atoms with Crippen LogP contribution in [0.2, 0.25) is 0 Å². The summed E-state index contributed by atoms with van der Waals surface area (Å²) < 4.78 is 0. The maximum Gasteiger partial charge on any atom is 0.254 e. The first-order chi connectivity index (χ1) is 9.93. The van der Waals surface area contributed by atoms with Gasteiger partial charge in [-0.3, -0.25) is 4.79 Å². The Labute approximate surface area is 126 Å². The summed E-state index contributed by atoms with van der Waals surface area (Å²) in [5.74, 6) is 6.85. The number of hydrogen-bond donors (Lipinski definition) is 2. The van der Waals surface area contributed by atoms with E-state index in [1.165, 1.54) is 0 Å². The average Bonchev–Trinajstić information content (AvgIpc) is 2.95. The highest BCUT2D eigenvalue weighted by atomic mass is 16.2. The summed E-state index contributed by atoms with van der Waals surface area (Å²) in [6, 6.07) is 3.97. The van der Waals surface area contributed by atoms with Gasteiger partial charge in [0.1, 0.15) is 5.82 Å². The van der Waals surface area contributed by atoms with Crippen molar-refractivity contribution >= 4 is 11.7 Å². The third-order valence-electron chi connectivity index (χ3n) is 4.16. The van der Waals surface area contributed by atoms with Gasteiger partial charge in [0.25, 0.3) is 5.91 Å². The van der Waals surface area contributed by atoms with Crippen LogP contribution < -0.4 is 11.3 Å². The molecule has 0 bridgehead atoms. The van der Waals surface area contributed by atoms with Crippen molar-refractivity contribution in [3.05, 3.63) is 23.4 Å². The Morgan fingerprint density at radius 2 is 2.10 bits per heavy atom. The van der Waals surface area contributed by atoms with Gasteiger partial charge in [-0.15, -0.1) is 0 Å². The van der Waals surface area contributed by atoms with Gasteiger partial charge in [-0.05, 0) is 36.8 Å². The first kappa shape index (κ1) is 15.8. The summed E-state index contributed by atoms with van der Waals surface area (Å²) in [5.41, 5.74) is 4.12. The lowest BCUT2D eigenvalue weighted by Gasteiger charge is -2.28. The van der Waals surface area contributed by atoms with E-state index in [4.69, 9.17) is 5.84 Å². The van der Waals surface area contributed by atoms with Crippen LogP contribution >= 0.6 is 0 Å². The number of amides is 1. The highest BCUT2D eigenvalue weighted by molar-refractivity contribution is 5.95. The predicted molar refractivity (Wildman–Crippen MR) is 85.0 cm³/mol. The van der Waals surface area contributed by atoms with Gasteiger partial charge in [-0.2, -0.15) is 0 Å². The molecule has 2 rings (SSSR count). The zero-order valence-electron chi connectivity index (χ0n) is 13.4. The van der Waals surface area contributed by atoms with Crippen LogP contribution in [-0.4, -0.2) is 28.4 Å². The zero-order valence-corrected chi connectivity index (χ0v) is 13.4. The lowest BCUT2D eigenvalue weighted by atomic mass is 10.0. The number of nitrogens with two attached hydrogens (primary N) is 1. The number of nitrogens with zero attached hydrogens (tertiary/aromatic N) is 2. The third-order valence-corrected chi connectivity index (χ3v) is 4.16. The normalized spacial score (nSPS) is 18.6. The van der Waals surface area contributed by atoms with Crippen molar-refractivity contribution < 1.29 is 4.79 Å². The minimum Gasteiger partial charge on any atom is -0.335 e. The summed E-state index contributed by atoms with van der Waals surface area (Å²) in [6.07, 6.45) is 2.17.